The van der Waals surface area contributed by atoms with Gasteiger partial charge in [-0.05, 0) is 6.07 Å². The first kappa shape index (κ1) is 10.6. The van der Waals surface area contributed by atoms with E-state index in [4.69, 9.17) is 15.6 Å². The Kier molecular flexibility index (Phi) is 3.58. The molecule has 0 spiro atoms. The van der Waals surface area contributed by atoms with Crippen LogP contribution in [0.3, 0.4) is 0 Å². The number of thioether (sulfide) groups is 1. The Hall–Kier alpha value is -1.43. The van der Waals surface area contributed by atoms with Gasteiger partial charge in [0, 0.05) is 11.3 Å². The molecule has 14 heavy (non-hydrogen) atoms. The smallest absolute Gasteiger partial charge is 0.374 e. The van der Waals surface area contributed by atoms with Gasteiger partial charge in [-0.3, -0.25) is 5.41 Å². The van der Waals surface area contributed by atoms with Crippen LogP contribution in [0, 0.1) is 5.41 Å². The average molecular weight is 214 g/mol. The van der Waals surface area contributed by atoms with Gasteiger partial charge in [0.15, 0.2) is 5.17 Å². The lowest BCUT2D eigenvalue weighted by atomic mass is 10.3. The van der Waals surface area contributed by atoms with Gasteiger partial charge in [0.2, 0.25) is 5.76 Å². The Bertz CT molecular complexity index is 348. The zero-order chi connectivity index (χ0) is 10.6. The van der Waals surface area contributed by atoms with Gasteiger partial charge in [-0.2, -0.15) is 0 Å². The first-order valence-electron chi connectivity index (χ1n) is 3.76. The predicted molar refractivity (Wildman–Crippen MR) is 53.3 cm³/mol. The van der Waals surface area contributed by atoms with Crippen LogP contribution >= 0.6 is 11.8 Å². The molecule has 0 saturated carbocycles. The van der Waals surface area contributed by atoms with Gasteiger partial charge in [-0.1, -0.05) is 11.8 Å². The third-order valence-electron chi connectivity index (χ3n) is 1.50. The zero-order valence-corrected chi connectivity index (χ0v) is 8.39. The molecule has 0 atom stereocenters. The normalized spacial score (nSPS) is 9.79. The SMILES string of the molecule is COC(=O)c1occc1CSC(=N)N. The monoisotopic (exact) mass is 214 g/mol. The van der Waals surface area contributed by atoms with E-state index in [0.29, 0.717) is 11.3 Å². The lowest BCUT2D eigenvalue weighted by Gasteiger charge is -1.99. The summed E-state index contributed by atoms with van der Waals surface area (Å²) in [6.07, 6.45) is 1.41. The molecule has 6 heteroatoms. The maximum Gasteiger partial charge on any atom is 0.374 e. The van der Waals surface area contributed by atoms with Crippen molar-refractivity contribution in [1.82, 2.24) is 0 Å². The molecule has 0 aliphatic heterocycles. The van der Waals surface area contributed by atoms with Gasteiger partial charge in [-0.25, -0.2) is 4.79 Å². The van der Waals surface area contributed by atoms with E-state index < -0.39 is 5.97 Å². The third kappa shape index (κ3) is 2.53. The summed E-state index contributed by atoms with van der Waals surface area (Å²) in [6.45, 7) is 0. The van der Waals surface area contributed by atoms with Gasteiger partial charge >= 0.3 is 5.97 Å². The highest BCUT2D eigenvalue weighted by Gasteiger charge is 2.15. The molecule has 3 N–H and O–H groups in total. The summed E-state index contributed by atoms with van der Waals surface area (Å²) in [5.74, 6) is 0.0754. The van der Waals surface area contributed by atoms with Crippen LogP contribution in [0.5, 0.6) is 0 Å². The maximum atomic E-state index is 11.1. The van der Waals surface area contributed by atoms with Gasteiger partial charge < -0.3 is 14.9 Å². The second kappa shape index (κ2) is 4.71. The molecule has 0 aromatic carbocycles. The molecule has 1 heterocycles. The minimum Gasteiger partial charge on any atom is -0.463 e. The van der Waals surface area contributed by atoms with Crippen molar-refractivity contribution < 1.29 is 13.9 Å². The van der Waals surface area contributed by atoms with Crippen LogP contribution in [0.2, 0.25) is 0 Å². The highest BCUT2D eigenvalue weighted by atomic mass is 32.2. The van der Waals surface area contributed by atoms with Gasteiger partial charge in [-0.15, -0.1) is 0 Å². The lowest BCUT2D eigenvalue weighted by molar-refractivity contribution is 0.0564. The summed E-state index contributed by atoms with van der Waals surface area (Å²) in [6, 6.07) is 1.65. The van der Waals surface area contributed by atoms with Crippen molar-refractivity contribution in [3.8, 4) is 0 Å². The number of amidine groups is 1. The van der Waals surface area contributed by atoms with Crippen molar-refractivity contribution in [3.63, 3.8) is 0 Å². The number of furan rings is 1. The quantitative estimate of drug-likeness (QED) is 0.448. The average Bonchev–Trinajstić information content (AvgIpc) is 2.61. The molecule has 5 nitrogen and oxygen atoms in total. The summed E-state index contributed by atoms with van der Waals surface area (Å²) in [7, 11) is 1.28. The van der Waals surface area contributed by atoms with E-state index in [2.05, 4.69) is 4.74 Å². The van der Waals surface area contributed by atoms with E-state index in [-0.39, 0.29) is 10.9 Å². The van der Waals surface area contributed by atoms with Crippen molar-refractivity contribution in [2.75, 3.05) is 7.11 Å². The van der Waals surface area contributed by atoms with E-state index in [9.17, 15) is 4.79 Å². The van der Waals surface area contributed by atoms with Crippen LogP contribution in [-0.4, -0.2) is 18.2 Å². The number of carbonyl (C=O) groups excluding carboxylic acids is 1. The van der Waals surface area contributed by atoms with E-state index in [1.54, 1.807) is 6.07 Å². The number of carbonyl (C=O) groups is 1. The van der Waals surface area contributed by atoms with Gasteiger partial charge in [0.05, 0.1) is 13.4 Å². The number of nitrogens with one attached hydrogen (secondary N) is 1. The molecule has 0 saturated heterocycles. The summed E-state index contributed by atoms with van der Waals surface area (Å²) >= 11 is 1.12. The first-order valence-corrected chi connectivity index (χ1v) is 4.75. The Morgan fingerprint density at radius 2 is 2.50 bits per heavy atom. The van der Waals surface area contributed by atoms with E-state index in [1.165, 1.54) is 13.4 Å². The molecule has 1 aromatic rings. The second-order valence-electron chi connectivity index (χ2n) is 2.42. The van der Waals surface area contributed by atoms with E-state index in [0.717, 1.165) is 11.8 Å². The number of rotatable bonds is 3. The van der Waals surface area contributed by atoms with E-state index >= 15 is 0 Å². The summed E-state index contributed by atoms with van der Waals surface area (Å²) in [5, 5.41) is 7.02. The number of hydrogen-bond acceptors (Lipinski definition) is 5. The fourth-order valence-electron chi connectivity index (χ4n) is 0.877. The van der Waals surface area contributed by atoms with Crippen LogP contribution in [0.4, 0.5) is 0 Å². The van der Waals surface area contributed by atoms with Crippen LogP contribution in [-0.2, 0) is 10.5 Å². The molecule has 76 valence electrons. The molecule has 0 aliphatic carbocycles. The van der Waals surface area contributed by atoms with E-state index in [1.807, 2.05) is 0 Å². The van der Waals surface area contributed by atoms with Crippen molar-refractivity contribution in [2.24, 2.45) is 5.73 Å². The van der Waals surface area contributed by atoms with Crippen LogP contribution < -0.4 is 5.73 Å². The number of hydrogen-bond donors (Lipinski definition) is 2. The Morgan fingerprint density at radius 3 is 3.07 bits per heavy atom. The molecule has 0 radical (unpaired) electrons. The van der Waals surface area contributed by atoms with Crippen molar-refractivity contribution >= 4 is 22.9 Å². The molecular weight excluding hydrogens is 204 g/mol. The molecule has 0 unspecified atom stereocenters. The number of nitrogens with two attached hydrogens (primary N) is 1. The Balaban J connectivity index is 2.72. The summed E-state index contributed by atoms with van der Waals surface area (Å²) in [4.78, 5) is 11.1. The minimum atomic E-state index is -0.519. The van der Waals surface area contributed by atoms with Crippen molar-refractivity contribution in [1.29, 1.82) is 5.41 Å². The number of methoxy groups -OCH3 is 1. The highest BCUT2D eigenvalue weighted by molar-refractivity contribution is 8.13. The number of ether oxygens (including phenoxy) is 1. The molecule has 0 aliphatic rings. The molecule has 0 fully saturated rings. The summed E-state index contributed by atoms with van der Waals surface area (Å²) in [5.41, 5.74) is 5.85. The zero-order valence-electron chi connectivity index (χ0n) is 7.57. The minimum absolute atomic E-state index is 0.00187. The standard InChI is InChI=1S/C8H10N2O3S/c1-12-7(11)6-5(2-3-13-6)4-14-8(9)10/h2-3H,4H2,1H3,(H3,9,10). The maximum absolute atomic E-state index is 11.1. The molecule has 0 bridgehead atoms. The molecule has 1 aromatic heterocycles. The van der Waals surface area contributed by atoms with Gasteiger partial charge in [0.1, 0.15) is 0 Å². The fourth-order valence-corrected chi connectivity index (χ4v) is 1.41. The summed E-state index contributed by atoms with van der Waals surface area (Å²) < 4.78 is 9.47. The molecule has 0 amide bonds. The first-order chi connectivity index (χ1) is 6.65. The lowest BCUT2D eigenvalue weighted by Crippen LogP contribution is -2.06. The Morgan fingerprint density at radius 1 is 1.79 bits per heavy atom. The topological polar surface area (TPSA) is 89.3 Å². The van der Waals surface area contributed by atoms with Crippen molar-refractivity contribution in [2.45, 2.75) is 5.75 Å². The number of esters is 1. The van der Waals surface area contributed by atoms with Crippen LogP contribution in [0.1, 0.15) is 16.1 Å². The Labute approximate surface area is 85.1 Å². The van der Waals surface area contributed by atoms with Crippen LogP contribution in [0.25, 0.3) is 0 Å². The second-order valence-corrected chi connectivity index (χ2v) is 3.44. The molecular formula is C8H10N2O3S. The van der Waals surface area contributed by atoms with Crippen molar-refractivity contribution in [3.05, 3.63) is 23.7 Å². The predicted octanol–water partition coefficient (Wildman–Crippen LogP) is 1.19. The molecule has 1 rings (SSSR count). The fraction of sp³-hybridized carbons (Fsp3) is 0.250. The van der Waals surface area contributed by atoms with Crippen LogP contribution in [0.15, 0.2) is 16.7 Å². The third-order valence-corrected chi connectivity index (χ3v) is 2.27. The van der Waals surface area contributed by atoms with Gasteiger partial charge in [0.25, 0.3) is 0 Å². The highest BCUT2D eigenvalue weighted by Crippen LogP contribution is 2.18. The largest absolute Gasteiger partial charge is 0.463 e.